The maximum atomic E-state index is 13.2. The molecule has 2 unspecified atom stereocenters. The second-order valence-corrected chi connectivity index (χ2v) is 9.83. The lowest BCUT2D eigenvalue weighted by molar-refractivity contribution is -0.121. The first-order valence-electron chi connectivity index (χ1n) is 11.6. The van der Waals surface area contributed by atoms with E-state index in [4.69, 9.17) is 0 Å². The number of amides is 1. The molecule has 0 saturated heterocycles. The van der Waals surface area contributed by atoms with E-state index in [0.717, 1.165) is 41.4 Å². The molecule has 0 bridgehead atoms. The molecule has 1 N–H and O–H groups in total. The van der Waals surface area contributed by atoms with Crippen LogP contribution in [0.15, 0.2) is 84.3 Å². The van der Waals surface area contributed by atoms with Crippen LogP contribution in [0.2, 0.25) is 0 Å². The summed E-state index contributed by atoms with van der Waals surface area (Å²) in [6.07, 6.45) is 6.64. The minimum absolute atomic E-state index is 0.0198. The number of hydrogen-bond acceptors (Lipinski definition) is 5. The third-order valence-electron chi connectivity index (χ3n) is 6.18. The standard InChI is InChI=1S/C27H27N5OS/c1-19(26(33)29-24-13-7-11-21-10-5-6-12-23(21)24)34-27-31-30-25(22-14-16-28-17-15-22)32(27)18-20-8-3-2-4-9-20/h2-6,8-10,12,14-17,19,24H,7,11,13,18H2,1H3,(H,29,33). The van der Waals surface area contributed by atoms with E-state index >= 15 is 0 Å². The predicted octanol–water partition coefficient (Wildman–Crippen LogP) is 5.06. The van der Waals surface area contributed by atoms with Gasteiger partial charge in [-0.15, -0.1) is 10.2 Å². The average molecular weight is 470 g/mol. The molecule has 1 aliphatic carbocycles. The highest BCUT2D eigenvalue weighted by Crippen LogP contribution is 2.31. The molecule has 2 aromatic carbocycles. The number of aryl methyl sites for hydroxylation is 1. The largest absolute Gasteiger partial charge is 0.348 e. The number of thioether (sulfide) groups is 1. The van der Waals surface area contributed by atoms with E-state index in [2.05, 4.69) is 55.4 Å². The zero-order chi connectivity index (χ0) is 23.3. The third kappa shape index (κ3) is 4.89. The molecule has 172 valence electrons. The summed E-state index contributed by atoms with van der Waals surface area (Å²) in [6, 6.07) is 22.6. The molecule has 5 rings (SSSR count). The van der Waals surface area contributed by atoms with Crippen LogP contribution in [0.25, 0.3) is 11.4 Å². The highest BCUT2D eigenvalue weighted by atomic mass is 32.2. The van der Waals surface area contributed by atoms with Crippen molar-refractivity contribution in [1.82, 2.24) is 25.1 Å². The van der Waals surface area contributed by atoms with Gasteiger partial charge in [-0.1, -0.05) is 66.4 Å². The molecule has 2 heterocycles. The number of fused-ring (bicyclic) bond motifs is 1. The summed E-state index contributed by atoms with van der Waals surface area (Å²) in [5.41, 5.74) is 4.67. The summed E-state index contributed by atoms with van der Waals surface area (Å²) in [5, 5.41) is 12.6. The molecule has 6 nitrogen and oxygen atoms in total. The van der Waals surface area contributed by atoms with Gasteiger partial charge in [0.25, 0.3) is 0 Å². The minimum atomic E-state index is -0.307. The zero-order valence-corrected chi connectivity index (χ0v) is 19.9. The molecule has 0 fully saturated rings. The van der Waals surface area contributed by atoms with Gasteiger partial charge < -0.3 is 5.32 Å². The molecule has 2 atom stereocenters. The van der Waals surface area contributed by atoms with Crippen LogP contribution >= 0.6 is 11.8 Å². The molecular formula is C27H27N5OS. The lowest BCUT2D eigenvalue weighted by Gasteiger charge is -2.27. The monoisotopic (exact) mass is 469 g/mol. The summed E-state index contributed by atoms with van der Waals surface area (Å²) in [5.74, 6) is 0.786. The second-order valence-electron chi connectivity index (χ2n) is 8.53. The fraction of sp³-hybridized carbons (Fsp3) is 0.259. The van der Waals surface area contributed by atoms with Gasteiger partial charge in [0, 0.05) is 18.0 Å². The third-order valence-corrected chi connectivity index (χ3v) is 7.26. The molecule has 1 amide bonds. The SMILES string of the molecule is CC(Sc1nnc(-c2ccncc2)n1Cc1ccccc1)C(=O)NC1CCCc2ccccc21. The Kier molecular flexibility index (Phi) is 6.72. The molecule has 0 saturated carbocycles. The maximum Gasteiger partial charge on any atom is 0.233 e. The van der Waals surface area contributed by atoms with Gasteiger partial charge in [-0.25, -0.2) is 0 Å². The molecule has 34 heavy (non-hydrogen) atoms. The van der Waals surface area contributed by atoms with E-state index in [1.807, 2.05) is 43.3 Å². The van der Waals surface area contributed by atoms with Gasteiger partial charge in [-0.3, -0.25) is 14.3 Å². The number of pyridine rings is 1. The van der Waals surface area contributed by atoms with Gasteiger partial charge >= 0.3 is 0 Å². The van der Waals surface area contributed by atoms with Crippen LogP contribution in [-0.2, 0) is 17.8 Å². The lowest BCUT2D eigenvalue weighted by Crippen LogP contribution is -2.36. The van der Waals surface area contributed by atoms with Crippen LogP contribution in [0, 0.1) is 0 Å². The van der Waals surface area contributed by atoms with Crippen LogP contribution in [0.3, 0.4) is 0 Å². The number of carbonyl (C=O) groups is 1. The summed E-state index contributed by atoms with van der Waals surface area (Å²) < 4.78 is 2.08. The highest BCUT2D eigenvalue weighted by molar-refractivity contribution is 8.00. The maximum absolute atomic E-state index is 13.2. The highest BCUT2D eigenvalue weighted by Gasteiger charge is 2.26. The molecule has 0 spiro atoms. The van der Waals surface area contributed by atoms with E-state index in [1.54, 1.807) is 12.4 Å². The Morgan fingerprint density at radius 2 is 1.82 bits per heavy atom. The van der Waals surface area contributed by atoms with E-state index in [1.165, 1.54) is 22.9 Å². The topological polar surface area (TPSA) is 72.7 Å². The van der Waals surface area contributed by atoms with Crippen LogP contribution < -0.4 is 5.32 Å². The number of nitrogens with zero attached hydrogens (tertiary/aromatic N) is 4. The number of rotatable bonds is 7. The van der Waals surface area contributed by atoms with E-state index in [9.17, 15) is 4.79 Å². The predicted molar refractivity (Wildman–Crippen MR) is 134 cm³/mol. The Balaban J connectivity index is 1.36. The number of benzene rings is 2. The zero-order valence-electron chi connectivity index (χ0n) is 19.1. The van der Waals surface area contributed by atoms with E-state index in [0.29, 0.717) is 6.54 Å². The van der Waals surface area contributed by atoms with Gasteiger partial charge in [0.1, 0.15) is 0 Å². The lowest BCUT2D eigenvalue weighted by atomic mass is 9.88. The first-order chi connectivity index (χ1) is 16.7. The number of carbonyl (C=O) groups excluding carboxylic acids is 1. The molecule has 4 aromatic rings. The van der Waals surface area contributed by atoms with Crippen molar-refractivity contribution < 1.29 is 4.79 Å². The van der Waals surface area contributed by atoms with Crippen molar-refractivity contribution in [3.8, 4) is 11.4 Å². The van der Waals surface area contributed by atoms with Crippen molar-refractivity contribution >= 4 is 17.7 Å². The molecular weight excluding hydrogens is 442 g/mol. The van der Waals surface area contributed by atoms with Gasteiger partial charge in [-0.2, -0.15) is 0 Å². The van der Waals surface area contributed by atoms with Crippen molar-refractivity contribution in [2.75, 3.05) is 0 Å². The molecule has 7 heteroatoms. The quantitative estimate of drug-likeness (QED) is 0.383. The summed E-state index contributed by atoms with van der Waals surface area (Å²) in [4.78, 5) is 17.3. The number of nitrogens with one attached hydrogen (secondary N) is 1. The molecule has 2 aromatic heterocycles. The minimum Gasteiger partial charge on any atom is -0.348 e. The summed E-state index contributed by atoms with van der Waals surface area (Å²) >= 11 is 1.44. The first kappa shape index (κ1) is 22.3. The van der Waals surface area contributed by atoms with Crippen molar-refractivity contribution in [3.05, 3.63) is 95.8 Å². The van der Waals surface area contributed by atoms with Crippen LogP contribution in [0.1, 0.15) is 42.5 Å². The van der Waals surface area contributed by atoms with Gasteiger partial charge in [0.05, 0.1) is 17.8 Å². The normalized spacial score (nSPS) is 16.0. The summed E-state index contributed by atoms with van der Waals surface area (Å²) in [7, 11) is 0. The fourth-order valence-electron chi connectivity index (χ4n) is 4.40. The molecule has 0 radical (unpaired) electrons. The Morgan fingerprint density at radius 1 is 1.06 bits per heavy atom. The Morgan fingerprint density at radius 3 is 2.65 bits per heavy atom. The number of aromatic nitrogens is 4. The Bertz CT molecular complexity index is 1260. The van der Waals surface area contributed by atoms with Gasteiger partial charge in [0.15, 0.2) is 11.0 Å². The summed E-state index contributed by atoms with van der Waals surface area (Å²) in [6.45, 7) is 2.56. The second kappa shape index (κ2) is 10.2. The van der Waals surface area contributed by atoms with E-state index < -0.39 is 0 Å². The van der Waals surface area contributed by atoms with E-state index in [-0.39, 0.29) is 17.2 Å². The number of hydrogen-bond donors (Lipinski definition) is 1. The Labute approximate surface area is 203 Å². The van der Waals surface area contributed by atoms with Crippen molar-refractivity contribution in [1.29, 1.82) is 0 Å². The van der Waals surface area contributed by atoms with Crippen LogP contribution in [0.4, 0.5) is 0 Å². The molecule has 0 aliphatic heterocycles. The average Bonchev–Trinajstić information content (AvgIpc) is 3.27. The van der Waals surface area contributed by atoms with Crippen LogP contribution in [0.5, 0.6) is 0 Å². The Hall–Kier alpha value is -3.45. The van der Waals surface area contributed by atoms with Crippen molar-refractivity contribution in [3.63, 3.8) is 0 Å². The van der Waals surface area contributed by atoms with Gasteiger partial charge in [0.2, 0.25) is 5.91 Å². The molecule has 1 aliphatic rings. The fourth-order valence-corrected chi connectivity index (χ4v) is 5.26. The smallest absolute Gasteiger partial charge is 0.233 e. The van der Waals surface area contributed by atoms with Gasteiger partial charge in [-0.05, 0) is 55.0 Å². The van der Waals surface area contributed by atoms with Crippen molar-refractivity contribution in [2.45, 2.75) is 49.2 Å². The van der Waals surface area contributed by atoms with Crippen LogP contribution in [-0.4, -0.2) is 30.9 Å². The first-order valence-corrected chi connectivity index (χ1v) is 12.5. The van der Waals surface area contributed by atoms with Crippen molar-refractivity contribution in [2.24, 2.45) is 0 Å².